The van der Waals surface area contributed by atoms with Gasteiger partial charge in [-0.3, -0.25) is 10.1 Å². The molecule has 1 aromatic carbocycles. The van der Waals surface area contributed by atoms with Crippen LogP contribution in [0.4, 0.5) is 10.1 Å². The van der Waals surface area contributed by atoms with E-state index in [0.717, 1.165) is 6.07 Å². The van der Waals surface area contributed by atoms with Crippen molar-refractivity contribution in [2.75, 3.05) is 6.61 Å². The number of halogens is 1. The van der Waals surface area contributed by atoms with E-state index in [9.17, 15) is 19.3 Å². The lowest BCUT2D eigenvalue weighted by molar-refractivity contribution is -0.385. The number of hydrogen-bond donors (Lipinski definition) is 2. The van der Waals surface area contributed by atoms with Gasteiger partial charge < -0.3 is 10.2 Å². The highest BCUT2D eigenvalue weighted by Crippen LogP contribution is 2.22. The Hall–Kier alpha value is -2.46. The zero-order chi connectivity index (χ0) is 13.7. The van der Waals surface area contributed by atoms with Crippen molar-refractivity contribution in [3.05, 3.63) is 39.2 Å². The molecule has 0 unspecified atom stereocenters. The van der Waals surface area contributed by atoms with Crippen LogP contribution in [0, 0.1) is 27.8 Å². The van der Waals surface area contributed by atoms with Crippen molar-refractivity contribution in [2.24, 2.45) is 0 Å². The van der Waals surface area contributed by atoms with E-state index in [2.05, 4.69) is 11.8 Å². The van der Waals surface area contributed by atoms with Crippen LogP contribution >= 0.6 is 0 Å². The number of nitrogens with zero attached hydrogens (tertiary/aromatic N) is 1. The third-order valence-corrected chi connectivity index (χ3v) is 1.97. The average Bonchev–Trinajstić information content (AvgIpc) is 2.30. The molecule has 0 aliphatic carbocycles. The molecule has 1 aromatic rings. The van der Waals surface area contributed by atoms with Gasteiger partial charge in [0.25, 0.3) is 5.69 Å². The van der Waals surface area contributed by atoms with Crippen molar-refractivity contribution >= 4 is 11.7 Å². The molecule has 0 aliphatic rings. The van der Waals surface area contributed by atoms with Crippen LogP contribution in [0.2, 0.25) is 0 Å². The first kappa shape index (κ1) is 13.6. The predicted octanol–water partition coefficient (Wildman–Crippen LogP) is 1.17. The molecule has 18 heavy (non-hydrogen) atoms. The molecule has 0 bridgehead atoms. The normalized spacial score (nSPS) is 9.44. The number of carbonyl (C=O) groups is 1. The quantitative estimate of drug-likeness (QED) is 0.478. The smallest absolute Gasteiger partial charge is 0.342 e. The maximum Gasteiger partial charge on any atom is 0.342 e. The number of benzene rings is 1. The first-order valence-electron chi connectivity index (χ1n) is 4.78. The van der Waals surface area contributed by atoms with Gasteiger partial charge in [-0.25, -0.2) is 9.18 Å². The molecule has 0 heterocycles. The molecule has 0 spiro atoms. The zero-order valence-electron chi connectivity index (χ0n) is 9.01. The third kappa shape index (κ3) is 3.02. The first-order valence-corrected chi connectivity index (χ1v) is 4.78. The van der Waals surface area contributed by atoms with E-state index in [1.165, 1.54) is 0 Å². The second kappa shape index (κ2) is 5.75. The molecule has 0 saturated carbocycles. The summed E-state index contributed by atoms with van der Waals surface area (Å²) < 4.78 is 13.4. The highest BCUT2D eigenvalue weighted by molar-refractivity contribution is 5.92. The van der Waals surface area contributed by atoms with Crippen LogP contribution in [-0.4, -0.2) is 27.7 Å². The van der Waals surface area contributed by atoms with Gasteiger partial charge in [0, 0.05) is 12.5 Å². The number of aliphatic hydroxyl groups excluding tert-OH is 1. The minimum Gasteiger partial charge on any atom is -0.477 e. The molecule has 0 fully saturated rings. The van der Waals surface area contributed by atoms with Gasteiger partial charge in [0.05, 0.1) is 17.1 Å². The van der Waals surface area contributed by atoms with Crippen molar-refractivity contribution in [3.63, 3.8) is 0 Å². The number of carboxylic acids is 1. The van der Waals surface area contributed by atoms with E-state index in [1.54, 1.807) is 0 Å². The Labute approximate surface area is 101 Å². The molecule has 0 aliphatic heterocycles. The third-order valence-electron chi connectivity index (χ3n) is 1.97. The molecule has 1 rings (SSSR count). The van der Waals surface area contributed by atoms with Gasteiger partial charge in [-0.15, -0.1) is 0 Å². The fraction of sp³-hybridized carbons (Fsp3) is 0.182. The second-order valence-electron chi connectivity index (χ2n) is 3.19. The van der Waals surface area contributed by atoms with Crippen molar-refractivity contribution in [3.8, 4) is 11.8 Å². The number of nitro benzene ring substituents is 1. The Morgan fingerprint density at radius 3 is 2.67 bits per heavy atom. The Bertz CT molecular complexity index is 559. The molecule has 2 N–H and O–H groups in total. The zero-order valence-corrected chi connectivity index (χ0v) is 9.01. The van der Waals surface area contributed by atoms with E-state index >= 15 is 0 Å². The van der Waals surface area contributed by atoms with Crippen LogP contribution in [-0.2, 0) is 0 Å². The first-order chi connectivity index (χ1) is 8.47. The lowest BCUT2D eigenvalue weighted by Gasteiger charge is -2.00. The van der Waals surface area contributed by atoms with Crippen LogP contribution in [0.5, 0.6) is 0 Å². The average molecular weight is 253 g/mol. The maximum atomic E-state index is 13.4. The van der Waals surface area contributed by atoms with E-state index in [-0.39, 0.29) is 18.6 Å². The summed E-state index contributed by atoms with van der Waals surface area (Å²) in [6, 6.07) is 1.33. The van der Waals surface area contributed by atoms with Crippen molar-refractivity contribution in [2.45, 2.75) is 6.42 Å². The van der Waals surface area contributed by atoms with E-state index in [0.29, 0.717) is 6.07 Å². The summed E-state index contributed by atoms with van der Waals surface area (Å²) in [6.07, 6.45) is 0.0912. The summed E-state index contributed by atoms with van der Waals surface area (Å²) in [7, 11) is 0. The van der Waals surface area contributed by atoms with Gasteiger partial charge in [0.15, 0.2) is 0 Å². The summed E-state index contributed by atoms with van der Waals surface area (Å²) in [4.78, 5) is 20.4. The lowest BCUT2D eigenvalue weighted by atomic mass is 10.1. The van der Waals surface area contributed by atoms with E-state index in [4.69, 9.17) is 10.2 Å². The molecule has 0 aromatic heterocycles. The molecule has 0 radical (unpaired) electrons. The molecular weight excluding hydrogens is 245 g/mol. The molecule has 0 amide bonds. The topological polar surface area (TPSA) is 101 Å². The standard InChI is InChI=1S/C11H8FNO5/c12-9-6-8(11(15)16)10(13(17)18)5-7(9)3-1-2-4-14/h5-6,14H,2,4H2,(H,15,16). The number of carboxylic acid groups (broad SMARTS) is 1. The minimum atomic E-state index is -1.59. The summed E-state index contributed by atoms with van der Waals surface area (Å²) in [5.74, 6) is 2.15. The van der Waals surface area contributed by atoms with Gasteiger partial charge in [0.1, 0.15) is 11.4 Å². The fourth-order valence-corrected chi connectivity index (χ4v) is 1.19. The molecule has 6 nitrogen and oxygen atoms in total. The number of hydrogen-bond acceptors (Lipinski definition) is 4. The van der Waals surface area contributed by atoms with Gasteiger partial charge in [-0.05, 0) is 6.07 Å². The van der Waals surface area contributed by atoms with Crippen LogP contribution in [0.15, 0.2) is 12.1 Å². The minimum absolute atomic E-state index is 0.0912. The van der Waals surface area contributed by atoms with Crippen LogP contribution in [0.3, 0.4) is 0 Å². The van der Waals surface area contributed by atoms with Gasteiger partial charge in [0.2, 0.25) is 0 Å². The molecule has 0 saturated heterocycles. The summed E-state index contributed by atoms with van der Waals surface area (Å²) in [5.41, 5.74) is -1.73. The van der Waals surface area contributed by atoms with E-state index in [1.807, 2.05) is 0 Å². The predicted molar refractivity (Wildman–Crippen MR) is 58.6 cm³/mol. The van der Waals surface area contributed by atoms with E-state index < -0.39 is 28.0 Å². The SMILES string of the molecule is O=C(O)c1cc(F)c(C#CCCO)cc1[N+](=O)[O-]. The molecule has 94 valence electrons. The van der Waals surface area contributed by atoms with Crippen molar-refractivity contribution < 1.29 is 24.3 Å². The van der Waals surface area contributed by atoms with Gasteiger partial charge in [-0.1, -0.05) is 11.8 Å². The van der Waals surface area contributed by atoms with Crippen molar-refractivity contribution in [1.29, 1.82) is 0 Å². The second-order valence-corrected chi connectivity index (χ2v) is 3.19. The number of nitro groups is 1. The summed E-state index contributed by atoms with van der Waals surface area (Å²) in [6.45, 7) is -0.218. The summed E-state index contributed by atoms with van der Waals surface area (Å²) >= 11 is 0. The monoisotopic (exact) mass is 253 g/mol. The fourth-order valence-electron chi connectivity index (χ4n) is 1.19. The highest BCUT2D eigenvalue weighted by atomic mass is 19.1. The summed E-state index contributed by atoms with van der Waals surface area (Å²) in [5, 5.41) is 27.8. The number of aliphatic hydroxyl groups is 1. The molecular formula is C11H8FNO5. The van der Waals surface area contributed by atoms with Crippen molar-refractivity contribution in [1.82, 2.24) is 0 Å². The Morgan fingerprint density at radius 1 is 1.50 bits per heavy atom. The Balaban J connectivity index is 3.33. The van der Waals surface area contributed by atoms with Crippen LogP contribution in [0.1, 0.15) is 22.3 Å². The lowest BCUT2D eigenvalue weighted by Crippen LogP contribution is -2.04. The maximum absolute atomic E-state index is 13.4. The Morgan fingerprint density at radius 2 is 2.17 bits per heavy atom. The van der Waals surface area contributed by atoms with Crippen LogP contribution < -0.4 is 0 Å². The largest absolute Gasteiger partial charge is 0.477 e. The number of aromatic carboxylic acids is 1. The van der Waals surface area contributed by atoms with Gasteiger partial charge in [-0.2, -0.15) is 0 Å². The number of rotatable bonds is 3. The van der Waals surface area contributed by atoms with Gasteiger partial charge >= 0.3 is 5.97 Å². The highest BCUT2D eigenvalue weighted by Gasteiger charge is 2.22. The van der Waals surface area contributed by atoms with Crippen LogP contribution in [0.25, 0.3) is 0 Å². The Kier molecular flexibility index (Phi) is 4.34. The molecule has 7 heteroatoms. The molecule has 0 atom stereocenters.